The first-order chi connectivity index (χ1) is 11.6. The Balaban J connectivity index is 1.71. The summed E-state index contributed by atoms with van der Waals surface area (Å²) >= 11 is 0. The molecule has 0 saturated heterocycles. The lowest BCUT2D eigenvalue weighted by atomic mass is 9.96. The second kappa shape index (κ2) is 7.23. The Hall–Kier alpha value is -2.06. The van der Waals surface area contributed by atoms with Crippen LogP contribution < -0.4 is 14.2 Å². The van der Waals surface area contributed by atoms with Crippen molar-refractivity contribution in [3.05, 3.63) is 30.3 Å². The van der Waals surface area contributed by atoms with Crippen LogP contribution in [-0.2, 0) is 10.2 Å². The topological polar surface area (TPSA) is 93.5 Å². The zero-order valence-corrected chi connectivity index (χ0v) is 14.3. The Morgan fingerprint density at radius 2 is 1.96 bits per heavy atom. The van der Waals surface area contributed by atoms with Gasteiger partial charge in [0.2, 0.25) is 0 Å². The second-order valence-corrected chi connectivity index (χ2v) is 7.28. The summed E-state index contributed by atoms with van der Waals surface area (Å²) < 4.78 is 40.0. The number of hydrogen-bond donors (Lipinski definition) is 2. The third-order valence-corrected chi connectivity index (χ3v) is 5.17. The van der Waals surface area contributed by atoms with Crippen LogP contribution in [0.3, 0.4) is 0 Å². The van der Waals surface area contributed by atoms with Gasteiger partial charge >= 0.3 is 10.2 Å². The minimum absolute atomic E-state index is 0.0168. The summed E-state index contributed by atoms with van der Waals surface area (Å²) in [6.45, 7) is 0. The van der Waals surface area contributed by atoms with E-state index in [0.717, 1.165) is 32.1 Å². The largest absolute Gasteiger partial charge is 0.496 e. The fourth-order valence-electron chi connectivity index (χ4n) is 2.91. The molecule has 0 bridgehead atoms. The van der Waals surface area contributed by atoms with Gasteiger partial charge in [0.1, 0.15) is 5.75 Å². The highest BCUT2D eigenvalue weighted by Crippen LogP contribution is 2.31. The first kappa shape index (κ1) is 16.8. The van der Waals surface area contributed by atoms with Gasteiger partial charge < -0.3 is 9.26 Å². The Morgan fingerprint density at radius 1 is 1.21 bits per heavy atom. The van der Waals surface area contributed by atoms with Crippen molar-refractivity contribution < 1.29 is 17.7 Å². The lowest BCUT2D eigenvalue weighted by Gasteiger charge is -2.22. The molecule has 1 fully saturated rings. The number of nitrogens with zero attached hydrogens (tertiary/aromatic N) is 1. The highest BCUT2D eigenvalue weighted by Gasteiger charge is 2.21. The summed E-state index contributed by atoms with van der Waals surface area (Å²) in [5.41, 5.74) is 0.707. The van der Waals surface area contributed by atoms with Gasteiger partial charge in [-0.05, 0) is 25.0 Å². The minimum atomic E-state index is -3.67. The first-order valence-electron chi connectivity index (χ1n) is 7.97. The summed E-state index contributed by atoms with van der Waals surface area (Å²) in [4.78, 5) is 0. The van der Waals surface area contributed by atoms with Gasteiger partial charge in [0.05, 0.1) is 12.7 Å². The van der Waals surface area contributed by atoms with Gasteiger partial charge in [-0.1, -0.05) is 36.6 Å². The van der Waals surface area contributed by atoms with Crippen LogP contribution in [0.15, 0.2) is 34.9 Å². The molecule has 0 spiro atoms. The molecule has 1 saturated carbocycles. The lowest BCUT2D eigenvalue weighted by Crippen LogP contribution is -2.39. The fraction of sp³-hybridized carbons (Fsp3) is 0.438. The molecule has 24 heavy (non-hydrogen) atoms. The molecule has 1 aromatic heterocycles. The van der Waals surface area contributed by atoms with Crippen LogP contribution in [-0.4, -0.2) is 26.7 Å². The van der Waals surface area contributed by atoms with Crippen LogP contribution in [0.4, 0.5) is 5.82 Å². The monoisotopic (exact) mass is 351 g/mol. The van der Waals surface area contributed by atoms with E-state index < -0.39 is 10.2 Å². The van der Waals surface area contributed by atoms with Crippen LogP contribution in [0.5, 0.6) is 5.75 Å². The predicted octanol–water partition coefficient (Wildman–Crippen LogP) is 2.93. The number of nitrogens with one attached hydrogen (secondary N) is 2. The van der Waals surface area contributed by atoms with Gasteiger partial charge in [-0.15, -0.1) is 0 Å². The van der Waals surface area contributed by atoms with Crippen molar-refractivity contribution in [3.63, 3.8) is 0 Å². The zero-order chi connectivity index (χ0) is 17.0. The molecule has 0 unspecified atom stereocenters. The van der Waals surface area contributed by atoms with Crippen LogP contribution in [0.2, 0.25) is 0 Å². The van der Waals surface area contributed by atoms with E-state index in [2.05, 4.69) is 14.6 Å². The van der Waals surface area contributed by atoms with Crippen molar-refractivity contribution in [2.75, 3.05) is 11.8 Å². The molecule has 0 amide bonds. The van der Waals surface area contributed by atoms with Crippen LogP contribution in [0.1, 0.15) is 32.1 Å². The Morgan fingerprint density at radius 3 is 2.71 bits per heavy atom. The van der Waals surface area contributed by atoms with E-state index in [0.29, 0.717) is 17.1 Å². The molecular formula is C16H21N3O4S. The molecule has 3 rings (SSSR count). The van der Waals surface area contributed by atoms with E-state index in [-0.39, 0.29) is 11.9 Å². The summed E-state index contributed by atoms with van der Waals surface area (Å²) in [7, 11) is -2.11. The number of rotatable bonds is 6. The zero-order valence-electron chi connectivity index (χ0n) is 13.5. The summed E-state index contributed by atoms with van der Waals surface area (Å²) in [6, 6.07) is 8.82. The second-order valence-electron chi connectivity index (χ2n) is 5.83. The minimum Gasteiger partial charge on any atom is -0.496 e. The molecule has 1 aromatic carbocycles. The fourth-order valence-corrected chi connectivity index (χ4v) is 4.01. The van der Waals surface area contributed by atoms with Crippen molar-refractivity contribution >= 4 is 16.0 Å². The van der Waals surface area contributed by atoms with Gasteiger partial charge in [-0.25, -0.2) is 0 Å². The molecule has 0 radical (unpaired) electrons. The standard InChI is InChI=1S/C16H21N3O4S/c1-22-14-10-6-5-9-13(14)15-11-16(17-23-15)19-24(20,21)18-12-7-3-2-4-8-12/h5-6,9-12,18H,2-4,7-8H2,1H3,(H,17,19). The molecule has 2 aromatic rings. The van der Waals surface area contributed by atoms with E-state index >= 15 is 0 Å². The van der Waals surface area contributed by atoms with E-state index in [1.165, 1.54) is 6.07 Å². The molecule has 2 N–H and O–H groups in total. The Kier molecular flexibility index (Phi) is 5.06. The molecule has 130 valence electrons. The smallest absolute Gasteiger partial charge is 0.300 e. The van der Waals surface area contributed by atoms with Gasteiger partial charge in [-0.3, -0.25) is 4.72 Å². The Labute approximate surface area is 141 Å². The SMILES string of the molecule is COc1ccccc1-c1cc(NS(=O)(=O)NC2CCCCC2)no1. The van der Waals surface area contributed by atoms with E-state index in [1.807, 2.05) is 18.2 Å². The summed E-state index contributed by atoms with van der Waals surface area (Å²) in [6.07, 6.45) is 5.00. The molecule has 8 heteroatoms. The van der Waals surface area contributed by atoms with E-state index in [1.54, 1.807) is 13.2 Å². The number of aromatic nitrogens is 1. The number of para-hydroxylation sites is 1. The summed E-state index contributed by atoms with van der Waals surface area (Å²) in [5, 5.41) is 3.79. The first-order valence-corrected chi connectivity index (χ1v) is 9.46. The van der Waals surface area contributed by atoms with Crippen molar-refractivity contribution in [1.82, 2.24) is 9.88 Å². The summed E-state index contributed by atoms with van der Waals surface area (Å²) in [5.74, 6) is 1.20. The predicted molar refractivity (Wildman–Crippen MR) is 91.0 cm³/mol. The van der Waals surface area contributed by atoms with Crippen molar-refractivity contribution in [2.45, 2.75) is 38.1 Å². The van der Waals surface area contributed by atoms with Gasteiger partial charge in [0.15, 0.2) is 11.6 Å². The normalized spacial score (nSPS) is 16.0. The number of benzene rings is 1. The van der Waals surface area contributed by atoms with Crippen LogP contribution >= 0.6 is 0 Å². The average Bonchev–Trinajstić information content (AvgIpc) is 3.02. The number of hydrogen-bond acceptors (Lipinski definition) is 5. The Bertz CT molecular complexity index is 782. The molecule has 1 aliphatic carbocycles. The van der Waals surface area contributed by atoms with Gasteiger partial charge in [0.25, 0.3) is 0 Å². The third-order valence-electron chi connectivity index (χ3n) is 4.05. The number of ether oxygens (including phenoxy) is 1. The third kappa shape index (κ3) is 4.07. The van der Waals surface area contributed by atoms with Crippen LogP contribution in [0, 0.1) is 0 Å². The highest BCUT2D eigenvalue weighted by atomic mass is 32.2. The highest BCUT2D eigenvalue weighted by molar-refractivity contribution is 7.90. The molecule has 0 atom stereocenters. The number of methoxy groups -OCH3 is 1. The maximum Gasteiger partial charge on any atom is 0.300 e. The van der Waals surface area contributed by atoms with Crippen molar-refractivity contribution in [3.8, 4) is 17.1 Å². The lowest BCUT2D eigenvalue weighted by molar-refractivity contribution is 0.406. The quantitative estimate of drug-likeness (QED) is 0.834. The van der Waals surface area contributed by atoms with E-state index in [9.17, 15) is 8.42 Å². The number of anilines is 1. The van der Waals surface area contributed by atoms with Gasteiger partial charge in [-0.2, -0.15) is 13.1 Å². The maximum absolute atomic E-state index is 12.2. The maximum atomic E-state index is 12.2. The molecular weight excluding hydrogens is 330 g/mol. The molecule has 1 aliphatic rings. The molecule has 1 heterocycles. The van der Waals surface area contributed by atoms with Crippen LogP contribution in [0.25, 0.3) is 11.3 Å². The van der Waals surface area contributed by atoms with E-state index in [4.69, 9.17) is 9.26 Å². The van der Waals surface area contributed by atoms with Crippen molar-refractivity contribution in [1.29, 1.82) is 0 Å². The molecule has 7 nitrogen and oxygen atoms in total. The van der Waals surface area contributed by atoms with Crippen molar-refractivity contribution in [2.24, 2.45) is 0 Å². The average molecular weight is 351 g/mol. The van der Waals surface area contributed by atoms with Gasteiger partial charge in [0, 0.05) is 12.1 Å². The molecule has 0 aliphatic heterocycles.